The third-order valence-corrected chi connectivity index (χ3v) is 7.39. The predicted molar refractivity (Wildman–Crippen MR) is 127 cm³/mol. The minimum atomic E-state index is 0.600. The van der Waals surface area contributed by atoms with Crippen molar-refractivity contribution in [1.29, 1.82) is 0 Å². The van der Waals surface area contributed by atoms with Gasteiger partial charge in [-0.05, 0) is 84.8 Å². The average Bonchev–Trinajstić information content (AvgIpc) is 2.96. The van der Waals surface area contributed by atoms with Crippen molar-refractivity contribution in [1.82, 2.24) is 4.90 Å². The first-order valence-corrected chi connectivity index (χ1v) is 11.8. The third kappa shape index (κ3) is 4.80. The average molecular weight is 447 g/mol. The van der Waals surface area contributed by atoms with Gasteiger partial charge in [0.25, 0.3) is 0 Å². The number of fused-ring (bicyclic) bond motifs is 1. The van der Waals surface area contributed by atoms with Gasteiger partial charge in [-0.2, -0.15) is 0 Å². The van der Waals surface area contributed by atoms with Gasteiger partial charge >= 0.3 is 0 Å². The predicted octanol–water partition coefficient (Wildman–Crippen LogP) is 6.19. The van der Waals surface area contributed by atoms with Crippen LogP contribution in [0.3, 0.4) is 0 Å². The van der Waals surface area contributed by atoms with Crippen LogP contribution in [0.2, 0.25) is 10.0 Å². The maximum Gasteiger partial charge on any atom is 0.0642 e. The van der Waals surface area contributed by atoms with Crippen molar-refractivity contribution < 1.29 is 4.74 Å². The van der Waals surface area contributed by atoms with E-state index in [4.69, 9.17) is 27.9 Å². The number of rotatable bonds is 6. The van der Waals surface area contributed by atoms with Gasteiger partial charge in [-0.3, -0.25) is 0 Å². The van der Waals surface area contributed by atoms with E-state index >= 15 is 0 Å². The summed E-state index contributed by atoms with van der Waals surface area (Å²) in [7, 11) is 2.18. The Bertz CT molecular complexity index is 861. The molecule has 0 bridgehead atoms. The molecule has 0 N–H and O–H groups in total. The van der Waals surface area contributed by atoms with Crippen molar-refractivity contribution in [3.05, 3.63) is 63.1 Å². The summed E-state index contributed by atoms with van der Waals surface area (Å²) in [5.74, 6) is 1.87. The van der Waals surface area contributed by atoms with E-state index in [-0.39, 0.29) is 0 Å². The molecule has 2 aromatic carbocycles. The largest absolute Gasteiger partial charge is 0.378 e. The van der Waals surface area contributed by atoms with Crippen LogP contribution in [-0.4, -0.2) is 44.8 Å². The molecule has 162 valence electrons. The molecule has 2 unspecified atom stereocenters. The lowest BCUT2D eigenvalue weighted by molar-refractivity contribution is 0.122. The molecule has 2 aromatic rings. The molecular weight excluding hydrogens is 415 g/mol. The fourth-order valence-corrected chi connectivity index (χ4v) is 5.67. The van der Waals surface area contributed by atoms with Crippen molar-refractivity contribution in [2.45, 2.75) is 38.6 Å². The molecule has 1 heterocycles. The van der Waals surface area contributed by atoms with Gasteiger partial charge in [-0.25, -0.2) is 0 Å². The Labute approximate surface area is 190 Å². The molecule has 2 aliphatic rings. The zero-order valence-electron chi connectivity index (χ0n) is 18.2. The van der Waals surface area contributed by atoms with Crippen LogP contribution in [-0.2, 0) is 11.3 Å². The summed E-state index contributed by atoms with van der Waals surface area (Å²) in [6.45, 7) is 10.4. The van der Waals surface area contributed by atoms with E-state index in [1.165, 1.54) is 17.7 Å². The number of hydrogen-bond donors (Lipinski definition) is 0. The summed E-state index contributed by atoms with van der Waals surface area (Å²) in [4.78, 5) is 4.83. The summed E-state index contributed by atoms with van der Waals surface area (Å²) in [6, 6.07) is 13.0. The summed E-state index contributed by atoms with van der Waals surface area (Å²) in [5, 5.41) is 1.41. The van der Waals surface area contributed by atoms with Crippen LogP contribution >= 0.6 is 23.2 Å². The molecule has 1 aliphatic carbocycles. The van der Waals surface area contributed by atoms with Crippen LogP contribution in [0.15, 0.2) is 36.4 Å². The van der Waals surface area contributed by atoms with Crippen molar-refractivity contribution in [3.8, 4) is 0 Å². The number of ether oxygens (including phenoxy) is 1. The van der Waals surface area contributed by atoms with Crippen LogP contribution in [0.1, 0.15) is 48.8 Å². The third-order valence-electron chi connectivity index (χ3n) is 6.96. The number of halogens is 2. The Morgan fingerprint density at radius 3 is 2.40 bits per heavy atom. The van der Waals surface area contributed by atoms with Gasteiger partial charge in [0, 0.05) is 35.4 Å². The monoisotopic (exact) mass is 446 g/mol. The highest BCUT2D eigenvalue weighted by atomic mass is 35.5. The van der Waals surface area contributed by atoms with Crippen molar-refractivity contribution in [2.24, 2.45) is 5.92 Å². The standard InChI is InChI=1S/C25H32Cl2N2O/c1-17-18(2)25-15-22(29-8-10-30-11-9-29)4-5-24(25)23(17)6-7-28(3)16-19-12-20(26)14-21(27)13-19/h4-5,12-15,17-18,23H,6-11,16H2,1-3H3/t17-,18?,23?/m1/s1. The first-order chi connectivity index (χ1) is 14.4. The fourth-order valence-electron chi connectivity index (χ4n) is 5.10. The van der Waals surface area contributed by atoms with Crippen LogP contribution < -0.4 is 4.90 Å². The van der Waals surface area contributed by atoms with E-state index in [2.05, 4.69) is 48.9 Å². The molecule has 0 aromatic heterocycles. The Balaban J connectivity index is 1.42. The molecule has 3 nitrogen and oxygen atoms in total. The summed E-state index contributed by atoms with van der Waals surface area (Å²) >= 11 is 12.3. The van der Waals surface area contributed by atoms with E-state index in [1.54, 1.807) is 17.2 Å². The summed E-state index contributed by atoms with van der Waals surface area (Å²) in [6.07, 6.45) is 1.17. The molecule has 1 fully saturated rings. The normalized spacial score (nSPS) is 23.8. The van der Waals surface area contributed by atoms with E-state index in [0.29, 0.717) is 27.8 Å². The van der Waals surface area contributed by atoms with Crippen molar-refractivity contribution in [3.63, 3.8) is 0 Å². The Hall–Kier alpha value is -1.26. The van der Waals surface area contributed by atoms with E-state index in [1.807, 2.05) is 12.1 Å². The maximum atomic E-state index is 6.16. The zero-order valence-corrected chi connectivity index (χ0v) is 19.7. The second-order valence-electron chi connectivity index (χ2n) is 8.97. The highest BCUT2D eigenvalue weighted by Gasteiger charge is 2.35. The van der Waals surface area contributed by atoms with Crippen LogP contribution in [0, 0.1) is 5.92 Å². The fraction of sp³-hybridized carbons (Fsp3) is 0.520. The van der Waals surface area contributed by atoms with E-state index in [9.17, 15) is 0 Å². The smallest absolute Gasteiger partial charge is 0.0642 e. The number of morpholine rings is 1. The lowest BCUT2D eigenvalue weighted by Gasteiger charge is -2.29. The van der Waals surface area contributed by atoms with Gasteiger partial charge < -0.3 is 14.5 Å². The molecule has 4 rings (SSSR count). The molecule has 5 heteroatoms. The highest BCUT2D eigenvalue weighted by Crippen LogP contribution is 2.48. The van der Waals surface area contributed by atoms with E-state index in [0.717, 1.165) is 39.4 Å². The number of benzene rings is 2. The Morgan fingerprint density at radius 2 is 1.70 bits per heavy atom. The Morgan fingerprint density at radius 1 is 1.00 bits per heavy atom. The highest BCUT2D eigenvalue weighted by molar-refractivity contribution is 6.34. The lowest BCUT2D eigenvalue weighted by Crippen LogP contribution is -2.36. The Kier molecular flexibility index (Phi) is 6.94. The molecule has 30 heavy (non-hydrogen) atoms. The summed E-state index contributed by atoms with van der Waals surface area (Å²) < 4.78 is 5.52. The van der Waals surface area contributed by atoms with Crippen LogP contribution in [0.4, 0.5) is 5.69 Å². The molecule has 0 saturated carbocycles. The van der Waals surface area contributed by atoms with Crippen molar-refractivity contribution >= 4 is 28.9 Å². The van der Waals surface area contributed by atoms with Gasteiger partial charge in [-0.15, -0.1) is 0 Å². The lowest BCUT2D eigenvalue weighted by atomic mass is 9.87. The van der Waals surface area contributed by atoms with Gasteiger partial charge in [0.15, 0.2) is 0 Å². The molecule has 0 spiro atoms. The minimum Gasteiger partial charge on any atom is -0.378 e. The van der Waals surface area contributed by atoms with E-state index < -0.39 is 0 Å². The topological polar surface area (TPSA) is 15.7 Å². The van der Waals surface area contributed by atoms with Crippen LogP contribution in [0.25, 0.3) is 0 Å². The number of hydrogen-bond acceptors (Lipinski definition) is 3. The molecule has 0 radical (unpaired) electrons. The van der Waals surface area contributed by atoms with Gasteiger partial charge in [-0.1, -0.05) is 43.1 Å². The minimum absolute atomic E-state index is 0.600. The zero-order chi connectivity index (χ0) is 21.3. The van der Waals surface area contributed by atoms with Gasteiger partial charge in [0.2, 0.25) is 0 Å². The SMILES string of the molecule is CC1c2cc(N3CCOCC3)ccc2C(CCN(C)Cc2cc(Cl)cc(Cl)c2)[C@@H]1C. The molecule has 1 aliphatic heterocycles. The molecule has 0 amide bonds. The summed E-state index contributed by atoms with van der Waals surface area (Å²) in [5.41, 5.74) is 5.61. The number of anilines is 1. The van der Waals surface area contributed by atoms with Gasteiger partial charge in [0.1, 0.15) is 0 Å². The first kappa shape index (κ1) is 22.0. The molecular formula is C25H32Cl2N2O. The second kappa shape index (κ2) is 9.48. The molecule has 3 atom stereocenters. The van der Waals surface area contributed by atoms with Gasteiger partial charge in [0.05, 0.1) is 13.2 Å². The quantitative estimate of drug-likeness (QED) is 0.525. The first-order valence-electron chi connectivity index (χ1n) is 11.0. The van der Waals surface area contributed by atoms with Crippen molar-refractivity contribution in [2.75, 3.05) is 44.8 Å². The number of nitrogens with zero attached hydrogens (tertiary/aromatic N) is 2. The van der Waals surface area contributed by atoms with Crippen LogP contribution in [0.5, 0.6) is 0 Å². The maximum absolute atomic E-state index is 6.16. The molecule has 1 saturated heterocycles. The second-order valence-corrected chi connectivity index (χ2v) is 9.84.